The number of benzene rings is 2. The summed E-state index contributed by atoms with van der Waals surface area (Å²) in [6, 6.07) is 14.4. The van der Waals surface area contributed by atoms with Crippen LogP contribution in [0.15, 0.2) is 48.5 Å². The van der Waals surface area contributed by atoms with Gasteiger partial charge in [-0.25, -0.2) is 0 Å². The van der Waals surface area contributed by atoms with E-state index in [-0.39, 0.29) is 6.61 Å². The third-order valence-electron chi connectivity index (χ3n) is 2.72. The van der Waals surface area contributed by atoms with Gasteiger partial charge in [-0.3, -0.25) is 0 Å². The van der Waals surface area contributed by atoms with E-state index in [9.17, 15) is 5.11 Å². The van der Waals surface area contributed by atoms with E-state index in [1.165, 1.54) is 0 Å². The van der Waals surface area contributed by atoms with Gasteiger partial charge in [-0.1, -0.05) is 35.9 Å². The van der Waals surface area contributed by atoms with Crippen molar-refractivity contribution >= 4 is 11.6 Å². The molecular weight excluding hydrogens is 264 g/mol. The van der Waals surface area contributed by atoms with Crippen molar-refractivity contribution in [2.75, 3.05) is 13.7 Å². The van der Waals surface area contributed by atoms with Crippen LogP contribution in [-0.4, -0.2) is 18.8 Å². The number of halogens is 1. The normalized spacial score (nSPS) is 11.9. The maximum absolute atomic E-state index is 10.0. The van der Waals surface area contributed by atoms with Crippen molar-refractivity contribution in [3.63, 3.8) is 0 Å². The highest BCUT2D eigenvalue weighted by Gasteiger charge is 2.10. The first-order valence-corrected chi connectivity index (χ1v) is 6.28. The Morgan fingerprint density at radius 1 is 1.05 bits per heavy atom. The summed E-state index contributed by atoms with van der Waals surface area (Å²) in [6.45, 7) is 0.155. The molecule has 2 aromatic rings. The molecule has 1 unspecified atom stereocenters. The molecule has 0 bridgehead atoms. The van der Waals surface area contributed by atoms with E-state index < -0.39 is 6.10 Å². The molecule has 0 saturated heterocycles. The van der Waals surface area contributed by atoms with Gasteiger partial charge in [0.15, 0.2) is 11.5 Å². The highest BCUT2D eigenvalue weighted by molar-refractivity contribution is 6.30. The lowest BCUT2D eigenvalue weighted by Crippen LogP contribution is -2.10. The molecule has 0 aromatic heterocycles. The Kier molecular flexibility index (Phi) is 4.66. The van der Waals surface area contributed by atoms with Gasteiger partial charge < -0.3 is 14.6 Å². The molecule has 0 amide bonds. The van der Waals surface area contributed by atoms with Crippen molar-refractivity contribution in [2.45, 2.75) is 6.10 Å². The quantitative estimate of drug-likeness (QED) is 0.910. The molecule has 0 aliphatic rings. The number of para-hydroxylation sites is 2. The number of aliphatic hydroxyl groups is 1. The molecule has 100 valence electrons. The highest BCUT2D eigenvalue weighted by Crippen LogP contribution is 2.27. The largest absolute Gasteiger partial charge is 0.493 e. The summed E-state index contributed by atoms with van der Waals surface area (Å²) in [4.78, 5) is 0. The second-order valence-electron chi connectivity index (χ2n) is 4.03. The molecule has 0 saturated carbocycles. The van der Waals surface area contributed by atoms with Crippen LogP contribution in [0, 0.1) is 0 Å². The Morgan fingerprint density at radius 3 is 2.32 bits per heavy atom. The molecule has 1 N–H and O–H groups in total. The Balaban J connectivity index is 2.00. The number of aliphatic hydroxyl groups excluding tert-OH is 1. The fourth-order valence-corrected chi connectivity index (χ4v) is 1.81. The minimum absolute atomic E-state index is 0.155. The van der Waals surface area contributed by atoms with Crippen molar-refractivity contribution in [1.29, 1.82) is 0 Å². The molecule has 2 rings (SSSR count). The van der Waals surface area contributed by atoms with E-state index in [4.69, 9.17) is 21.1 Å². The van der Waals surface area contributed by atoms with Crippen molar-refractivity contribution in [2.24, 2.45) is 0 Å². The first-order chi connectivity index (χ1) is 9.20. The average Bonchev–Trinajstić information content (AvgIpc) is 2.45. The minimum Gasteiger partial charge on any atom is -0.493 e. The first kappa shape index (κ1) is 13.7. The predicted molar refractivity (Wildman–Crippen MR) is 74.9 cm³/mol. The lowest BCUT2D eigenvalue weighted by molar-refractivity contribution is 0.106. The molecule has 2 aromatic carbocycles. The zero-order valence-electron chi connectivity index (χ0n) is 10.5. The molecule has 4 heteroatoms. The summed E-state index contributed by atoms with van der Waals surface area (Å²) in [7, 11) is 1.58. The number of ether oxygens (including phenoxy) is 2. The molecular formula is C15H15ClO3. The van der Waals surface area contributed by atoms with E-state index in [1.54, 1.807) is 37.4 Å². The minimum atomic E-state index is -0.706. The van der Waals surface area contributed by atoms with Gasteiger partial charge in [0.05, 0.1) is 7.11 Å². The fraction of sp³-hybridized carbons (Fsp3) is 0.200. The summed E-state index contributed by atoms with van der Waals surface area (Å²) in [6.07, 6.45) is -0.706. The second-order valence-corrected chi connectivity index (χ2v) is 4.47. The van der Waals surface area contributed by atoms with Gasteiger partial charge in [0, 0.05) is 5.02 Å². The standard InChI is InChI=1S/C15H15ClO3/c1-18-14-4-2-3-5-15(14)19-10-13(17)11-6-8-12(16)9-7-11/h2-9,13,17H,10H2,1H3. The predicted octanol–water partition coefficient (Wildman–Crippen LogP) is 3.46. The SMILES string of the molecule is COc1ccccc1OCC(O)c1ccc(Cl)cc1. The van der Waals surface area contributed by atoms with E-state index in [1.807, 2.05) is 18.2 Å². The maximum atomic E-state index is 10.0. The first-order valence-electron chi connectivity index (χ1n) is 5.90. The summed E-state index contributed by atoms with van der Waals surface area (Å²) < 4.78 is 10.7. The van der Waals surface area contributed by atoms with E-state index in [0.29, 0.717) is 16.5 Å². The monoisotopic (exact) mass is 278 g/mol. The number of hydrogen-bond donors (Lipinski definition) is 1. The number of rotatable bonds is 5. The smallest absolute Gasteiger partial charge is 0.161 e. The molecule has 0 aliphatic carbocycles. The lowest BCUT2D eigenvalue weighted by atomic mass is 10.1. The topological polar surface area (TPSA) is 38.7 Å². The van der Waals surface area contributed by atoms with Crippen LogP contribution in [0.4, 0.5) is 0 Å². The maximum Gasteiger partial charge on any atom is 0.161 e. The van der Waals surface area contributed by atoms with Gasteiger partial charge in [0.2, 0.25) is 0 Å². The van der Waals surface area contributed by atoms with Gasteiger partial charge in [0.25, 0.3) is 0 Å². The fourth-order valence-electron chi connectivity index (χ4n) is 1.69. The zero-order valence-corrected chi connectivity index (χ0v) is 11.3. The molecule has 0 aliphatic heterocycles. The molecule has 0 heterocycles. The van der Waals surface area contributed by atoms with Gasteiger partial charge in [0.1, 0.15) is 12.7 Å². The summed E-state index contributed by atoms with van der Waals surface area (Å²) >= 11 is 5.80. The zero-order chi connectivity index (χ0) is 13.7. The number of hydrogen-bond acceptors (Lipinski definition) is 3. The molecule has 1 atom stereocenters. The summed E-state index contributed by atoms with van der Waals surface area (Å²) in [5, 5.41) is 10.7. The molecule has 3 nitrogen and oxygen atoms in total. The van der Waals surface area contributed by atoms with Gasteiger partial charge >= 0.3 is 0 Å². The van der Waals surface area contributed by atoms with Crippen LogP contribution in [-0.2, 0) is 0 Å². The van der Waals surface area contributed by atoms with Gasteiger partial charge in [-0.05, 0) is 29.8 Å². The Bertz CT molecular complexity index is 525. The van der Waals surface area contributed by atoms with Crippen molar-refractivity contribution in [1.82, 2.24) is 0 Å². The Hall–Kier alpha value is -1.71. The van der Waals surface area contributed by atoms with Crippen LogP contribution in [0.5, 0.6) is 11.5 Å². The van der Waals surface area contributed by atoms with Crippen LogP contribution < -0.4 is 9.47 Å². The second kappa shape index (κ2) is 6.45. The number of methoxy groups -OCH3 is 1. The van der Waals surface area contributed by atoms with Crippen LogP contribution >= 0.6 is 11.6 Å². The van der Waals surface area contributed by atoms with Crippen LogP contribution in [0.1, 0.15) is 11.7 Å². The summed E-state index contributed by atoms with van der Waals surface area (Å²) in [5.41, 5.74) is 0.763. The average molecular weight is 279 g/mol. The lowest BCUT2D eigenvalue weighted by Gasteiger charge is -2.14. The Labute approximate surface area is 117 Å². The molecule has 0 radical (unpaired) electrons. The van der Waals surface area contributed by atoms with E-state index in [2.05, 4.69) is 0 Å². The molecule has 0 fully saturated rings. The van der Waals surface area contributed by atoms with Crippen LogP contribution in [0.25, 0.3) is 0 Å². The molecule has 19 heavy (non-hydrogen) atoms. The Morgan fingerprint density at radius 2 is 1.68 bits per heavy atom. The van der Waals surface area contributed by atoms with E-state index >= 15 is 0 Å². The highest BCUT2D eigenvalue weighted by atomic mass is 35.5. The van der Waals surface area contributed by atoms with Crippen molar-refractivity contribution in [3.8, 4) is 11.5 Å². The van der Waals surface area contributed by atoms with E-state index in [0.717, 1.165) is 5.56 Å². The van der Waals surface area contributed by atoms with Gasteiger partial charge in [-0.2, -0.15) is 0 Å². The third kappa shape index (κ3) is 3.63. The van der Waals surface area contributed by atoms with Crippen molar-refractivity contribution < 1.29 is 14.6 Å². The van der Waals surface area contributed by atoms with Crippen LogP contribution in [0.2, 0.25) is 5.02 Å². The molecule has 0 spiro atoms. The third-order valence-corrected chi connectivity index (χ3v) is 2.97. The summed E-state index contributed by atoms with van der Waals surface area (Å²) in [5.74, 6) is 1.25. The van der Waals surface area contributed by atoms with Gasteiger partial charge in [-0.15, -0.1) is 0 Å². The van der Waals surface area contributed by atoms with Crippen molar-refractivity contribution in [3.05, 3.63) is 59.1 Å². The van der Waals surface area contributed by atoms with Crippen LogP contribution in [0.3, 0.4) is 0 Å².